The van der Waals surface area contributed by atoms with E-state index in [1.54, 1.807) is 6.20 Å². The maximum atomic E-state index is 12.9. The van der Waals surface area contributed by atoms with Crippen molar-refractivity contribution in [1.82, 2.24) is 25.0 Å². The molecule has 32 heavy (non-hydrogen) atoms. The van der Waals surface area contributed by atoms with Crippen molar-refractivity contribution in [2.24, 2.45) is 0 Å². The molecule has 0 N–H and O–H groups in total. The topological polar surface area (TPSA) is 103 Å². The van der Waals surface area contributed by atoms with Gasteiger partial charge >= 0.3 is 0 Å². The Bertz CT molecular complexity index is 1310. The molecule has 0 unspecified atom stereocenters. The minimum Gasteiger partial charge on any atom is -0.454 e. The lowest BCUT2D eigenvalue weighted by Crippen LogP contribution is -2.38. The van der Waals surface area contributed by atoms with Crippen molar-refractivity contribution in [1.29, 1.82) is 0 Å². The molecule has 9 heteroatoms. The Labute approximate surface area is 183 Å². The first-order valence-electron chi connectivity index (χ1n) is 10.5. The number of nitrogens with zero attached hydrogens (tertiary/aromatic N) is 5. The second-order valence-electron chi connectivity index (χ2n) is 7.83. The fourth-order valence-electron chi connectivity index (χ4n) is 4.11. The SMILES string of the molecule is O=C(c1cnc2ccccc2n1)N1CCC(c2nc(-c3ccc4c(c3)OCO4)no2)CC1. The molecule has 2 aliphatic heterocycles. The highest BCUT2D eigenvalue weighted by Gasteiger charge is 2.29. The van der Waals surface area contributed by atoms with E-state index in [4.69, 9.17) is 14.0 Å². The summed E-state index contributed by atoms with van der Waals surface area (Å²) < 4.78 is 16.3. The average molecular weight is 429 g/mol. The van der Waals surface area contributed by atoms with Gasteiger partial charge in [-0.05, 0) is 43.2 Å². The number of likely N-dealkylation sites (tertiary alicyclic amines) is 1. The van der Waals surface area contributed by atoms with Gasteiger partial charge in [0.25, 0.3) is 5.91 Å². The summed E-state index contributed by atoms with van der Waals surface area (Å²) in [5.41, 5.74) is 2.67. The van der Waals surface area contributed by atoms with Gasteiger partial charge in [-0.3, -0.25) is 9.78 Å². The summed E-state index contributed by atoms with van der Waals surface area (Å²) in [6.07, 6.45) is 3.04. The molecular formula is C23H19N5O4. The van der Waals surface area contributed by atoms with Gasteiger partial charge in [-0.15, -0.1) is 0 Å². The van der Waals surface area contributed by atoms with E-state index in [0.29, 0.717) is 42.0 Å². The third kappa shape index (κ3) is 3.31. The normalized spacial score (nSPS) is 15.9. The van der Waals surface area contributed by atoms with Crippen LogP contribution in [0.15, 0.2) is 53.2 Å². The Morgan fingerprint density at radius 3 is 2.66 bits per heavy atom. The first-order chi connectivity index (χ1) is 15.7. The van der Waals surface area contributed by atoms with Crippen LogP contribution in [0.1, 0.15) is 35.1 Å². The minimum absolute atomic E-state index is 0.103. The van der Waals surface area contributed by atoms with Crippen molar-refractivity contribution in [3.05, 3.63) is 60.2 Å². The Balaban J connectivity index is 1.13. The molecule has 1 amide bonds. The molecule has 1 fully saturated rings. The van der Waals surface area contributed by atoms with E-state index in [1.165, 1.54) is 0 Å². The Morgan fingerprint density at radius 1 is 0.969 bits per heavy atom. The first-order valence-corrected chi connectivity index (χ1v) is 10.5. The van der Waals surface area contributed by atoms with Gasteiger partial charge in [-0.2, -0.15) is 4.98 Å². The largest absolute Gasteiger partial charge is 0.454 e. The monoisotopic (exact) mass is 429 g/mol. The molecule has 6 rings (SSSR count). The Hall–Kier alpha value is -4.01. The van der Waals surface area contributed by atoms with Crippen molar-refractivity contribution >= 4 is 16.9 Å². The molecule has 160 valence electrons. The lowest BCUT2D eigenvalue weighted by atomic mass is 9.96. The number of hydrogen-bond donors (Lipinski definition) is 0. The van der Waals surface area contributed by atoms with Gasteiger partial charge in [-0.25, -0.2) is 4.98 Å². The lowest BCUT2D eigenvalue weighted by Gasteiger charge is -2.30. The molecule has 2 aliphatic rings. The highest BCUT2D eigenvalue weighted by Crippen LogP contribution is 2.36. The van der Waals surface area contributed by atoms with Gasteiger partial charge in [0.1, 0.15) is 5.69 Å². The minimum atomic E-state index is -0.103. The first kappa shape index (κ1) is 18.7. The second kappa shape index (κ2) is 7.60. The van der Waals surface area contributed by atoms with Crippen LogP contribution in [0.3, 0.4) is 0 Å². The number of piperidine rings is 1. The zero-order valence-electron chi connectivity index (χ0n) is 17.1. The lowest BCUT2D eigenvalue weighted by molar-refractivity contribution is 0.0698. The van der Waals surface area contributed by atoms with E-state index < -0.39 is 0 Å². The summed E-state index contributed by atoms with van der Waals surface area (Å²) in [5, 5.41) is 4.14. The van der Waals surface area contributed by atoms with Gasteiger partial charge in [0.05, 0.1) is 17.2 Å². The van der Waals surface area contributed by atoms with Crippen LogP contribution in [0.25, 0.3) is 22.4 Å². The number of rotatable bonds is 3. The van der Waals surface area contributed by atoms with Gasteiger partial charge in [-0.1, -0.05) is 17.3 Å². The van der Waals surface area contributed by atoms with Crippen LogP contribution in [0, 0.1) is 0 Å². The number of benzene rings is 2. The van der Waals surface area contributed by atoms with E-state index in [2.05, 4.69) is 20.1 Å². The number of fused-ring (bicyclic) bond motifs is 2. The quantitative estimate of drug-likeness (QED) is 0.488. The fraction of sp³-hybridized carbons (Fsp3) is 0.261. The summed E-state index contributed by atoms with van der Waals surface area (Å²) in [4.78, 5) is 28.1. The van der Waals surface area contributed by atoms with Crippen LogP contribution in [0.2, 0.25) is 0 Å². The fourth-order valence-corrected chi connectivity index (χ4v) is 4.11. The van der Waals surface area contributed by atoms with Crippen molar-refractivity contribution in [2.75, 3.05) is 19.9 Å². The molecule has 0 spiro atoms. The third-order valence-corrected chi connectivity index (χ3v) is 5.87. The van der Waals surface area contributed by atoms with Crippen molar-refractivity contribution in [2.45, 2.75) is 18.8 Å². The van der Waals surface area contributed by atoms with E-state index in [0.717, 1.165) is 29.4 Å². The van der Waals surface area contributed by atoms with Crippen LogP contribution in [0.4, 0.5) is 0 Å². The summed E-state index contributed by atoms with van der Waals surface area (Å²) >= 11 is 0. The standard InChI is InChI=1S/C23H19N5O4/c29-23(18-12-24-16-3-1-2-4-17(16)25-18)28-9-7-14(8-10-28)22-26-21(27-32-22)15-5-6-19-20(11-15)31-13-30-19/h1-6,11-12,14H,7-10,13H2. The molecular weight excluding hydrogens is 410 g/mol. The average Bonchev–Trinajstić information content (AvgIpc) is 3.53. The van der Waals surface area contributed by atoms with E-state index in [1.807, 2.05) is 47.4 Å². The molecule has 0 aliphatic carbocycles. The highest BCUT2D eigenvalue weighted by atomic mass is 16.7. The predicted octanol–water partition coefficient (Wildman–Crippen LogP) is 3.43. The maximum Gasteiger partial charge on any atom is 0.274 e. The Kier molecular flexibility index (Phi) is 4.45. The van der Waals surface area contributed by atoms with E-state index in [9.17, 15) is 4.79 Å². The maximum absolute atomic E-state index is 12.9. The molecule has 1 saturated heterocycles. The van der Waals surface area contributed by atoms with Gasteiger partial charge in [0.15, 0.2) is 11.5 Å². The van der Waals surface area contributed by atoms with E-state index >= 15 is 0 Å². The zero-order valence-corrected chi connectivity index (χ0v) is 17.1. The second-order valence-corrected chi connectivity index (χ2v) is 7.83. The number of amides is 1. The van der Waals surface area contributed by atoms with Crippen LogP contribution in [-0.4, -0.2) is 50.8 Å². The van der Waals surface area contributed by atoms with Crippen LogP contribution in [0.5, 0.6) is 11.5 Å². The number of para-hydroxylation sites is 2. The summed E-state index contributed by atoms with van der Waals surface area (Å²) in [5.74, 6) is 2.51. The highest BCUT2D eigenvalue weighted by molar-refractivity contribution is 5.93. The molecule has 0 bridgehead atoms. The van der Waals surface area contributed by atoms with Crippen LogP contribution in [-0.2, 0) is 0 Å². The van der Waals surface area contributed by atoms with Crippen molar-refractivity contribution in [3.8, 4) is 22.9 Å². The molecule has 4 aromatic rings. The number of carbonyl (C=O) groups excluding carboxylic acids is 1. The molecule has 0 radical (unpaired) electrons. The van der Waals surface area contributed by atoms with E-state index in [-0.39, 0.29) is 18.6 Å². The zero-order chi connectivity index (χ0) is 21.5. The number of hydrogen-bond acceptors (Lipinski definition) is 8. The Morgan fingerprint density at radius 2 is 1.78 bits per heavy atom. The van der Waals surface area contributed by atoms with Gasteiger partial charge < -0.3 is 18.9 Å². The smallest absolute Gasteiger partial charge is 0.274 e. The summed E-state index contributed by atoms with van der Waals surface area (Å²) in [6.45, 7) is 1.41. The van der Waals surface area contributed by atoms with Crippen molar-refractivity contribution < 1.29 is 18.8 Å². The van der Waals surface area contributed by atoms with Gasteiger partial charge in [0, 0.05) is 24.6 Å². The molecule has 4 heterocycles. The number of carbonyl (C=O) groups is 1. The predicted molar refractivity (Wildman–Crippen MR) is 113 cm³/mol. The molecule has 0 atom stereocenters. The number of aromatic nitrogens is 4. The van der Waals surface area contributed by atoms with Crippen LogP contribution >= 0.6 is 0 Å². The third-order valence-electron chi connectivity index (χ3n) is 5.87. The molecule has 0 saturated carbocycles. The number of ether oxygens (including phenoxy) is 2. The van der Waals surface area contributed by atoms with Gasteiger partial charge in [0.2, 0.25) is 18.5 Å². The molecule has 2 aromatic carbocycles. The summed E-state index contributed by atoms with van der Waals surface area (Å²) in [7, 11) is 0. The molecule has 2 aromatic heterocycles. The summed E-state index contributed by atoms with van der Waals surface area (Å²) in [6, 6.07) is 13.1. The molecule has 9 nitrogen and oxygen atoms in total. The van der Waals surface area contributed by atoms with Crippen molar-refractivity contribution in [3.63, 3.8) is 0 Å². The van der Waals surface area contributed by atoms with Crippen LogP contribution < -0.4 is 9.47 Å².